The summed E-state index contributed by atoms with van der Waals surface area (Å²) in [7, 11) is 0. The molecule has 1 N–H and O–H groups in total. The van der Waals surface area contributed by atoms with Crippen LogP contribution in [0.4, 0.5) is 4.79 Å². The van der Waals surface area contributed by atoms with Crippen molar-refractivity contribution in [3.8, 4) is 0 Å². The van der Waals surface area contributed by atoms with Crippen LogP contribution >= 0.6 is 0 Å². The minimum atomic E-state index is -1.15. The van der Waals surface area contributed by atoms with Gasteiger partial charge in [-0.1, -0.05) is 30.3 Å². The Bertz CT molecular complexity index is 641. The van der Waals surface area contributed by atoms with Gasteiger partial charge in [0.05, 0.1) is 6.26 Å². The monoisotopic (exact) mass is 301 g/mol. The third-order valence-electron chi connectivity index (χ3n) is 3.31. The van der Waals surface area contributed by atoms with Gasteiger partial charge in [-0.2, -0.15) is 0 Å². The number of benzene rings is 1. The molecule has 0 aliphatic rings. The average Bonchev–Trinajstić information content (AvgIpc) is 2.97. The van der Waals surface area contributed by atoms with Gasteiger partial charge in [-0.25, -0.2) is 4.79 Å². The van der Waals surface area contributed by atoms with Gasteiger partial charge >= 0.3 is 6.09 Å². The van der Waals surface area contributed by atoms with Crippen LogP contribution in [0.5, 0.6) is 0 Å². The second kappa shape index (κ2) is 6.05. The van der Waals surface area contributed by atoms with E-state index >= 15 is 0 Å². The van der Waals surface area contributed by atoms with Crippen LogP contribution in [0, 0.1) is 0 Å². The third-order valence-corrected chi connectivity index (χ3v) is 3.31. The molecule has 0 unspecified atom stereocenters. The number of carboxylic acid groups (broad SMARTS) is 1. The highest BCUT2D eigenvalue weighted by Crippen LogP contribution is 2.31. The molecule has 1 heterocycles. The standard InChI is InChI=1S/C17H19NO4/c1-17(2,3)18(16(20)21)14(12-8-5-4-6-9-12)15(19)13-10-7-11-22-13/h4-11,14H,1-3H3,(H,20,21)/t14-/m0/s1. The van der Waals surface area contributed by atoms with Crippen molar-refractivity contribution in [3.63, 3.8) is 0 Å². The predicted octanol–water partition coefficient (Wildman–Crippen LogP) is 3.98. The van der Waals surface area contributed by atoms with Crippen LogP contribution in [0.1, 0.15) is 42.9 Å². The van der Waals surface area contributed by atoms with Crippen molar-refractivity contribution in [1.29, 1.82) is 0 Å². The fraction of sp³-hybridized carbons (Fsp3) is 0.294. The van der Waals surface area contributed by atoms with E-state index in [1.165, 1.54) is 6.26 Å². The van der Waals surface area contributed by atoms with Crippen molar-refractivity contribution < 1.29 is 19.1 Å². The second-order valence-corrected chi connectivity index (χ2v) is 5.98. The number of amides is 1. The van der Waals surface area contributed by atoms with Crippen molar-refractivity contribution in [2.24, 2.45) is 0 Å². The summed E-state index contributed by atoms with van der Waals surface area (Å²) in [6, 6.07) is 11.1. The van der Waals surface area contributed by atoms with E-state index in [0.29, 0.717) is 5.56 Å². The molecule has 0 saturated heterocycles. The molecule has 22 heavy (non-hydrogen) atoms. The van der Waals surface area contributed by atoms with Crippen LogP contribution in [0.2, 0.25) is 0 Å². The molecule has 0 spiro atoms. The van der Waals surface area contributed by atoms with E-state index in [4.69, 9.17) is 4.42 Å². The molecule has 0 bridgehead atoms. The lowest BCUT2D eigenvalue weighted by Gasteiger charge is -2.38. The largest absolute Gasteiger partial charge is 0.465 e. The second-order valence-electron chi connectivity index (χ2n) is 5.98. The van der Waals surface area contributed by atoms with E-state index < -0.39 is 17.7 Å². The molecule has 0 aliphatic carbocycles. The van der Waals surface area contributed by atoms with Gasteiger partial charge in [0.2, 0.25) is 5.78 Å². The first-order valence-corrected chi connectivity index (χ1v) is 6.97. The van der Waals surface area contributed by atoms with Crippen molar-refractivity contribution in [3.05, 3.63) is 60.1 Å². The van der Waals surface area contributed by atoms with E-state index in [-0.39, 0.29) is 11.5 Å². The van der Waals surface area contributed by atoms with E-state index in [1.807, 2.05) is 6.07 Å². The predicted molar refractivity (Wildman–Crippen MR) is 81.8 cm³/mol. The first-order chi connectivity index (χ1) is 10.3. The molecule has 0 fully saturated rings. The first kappa shape index (κ1) is 15.8. The van der Waals surface area contributed by atoms with Crippen molar-refractivity contribution in [1.82, 2.24) is 4.90 Å². The minimum absolute atomic E-state index is 0.143. The smallest absolute Gasteiger partial charge is 0.408 e. The highest BCUT2D eigenvalue weighted by atomic mass is 16.4. The number of rotatable bonds is 4. The van der Waals surface area contributed by atoms with Gasteiger partial charge in [-0.05, 0) is 38.5 Å². The van der Waals surface area contributed by atoms with E-state index in [2.05, 4.69) is 0 Å². The quantitative estimate of drug-likeness (QED) is 0.867. The Morgan fingerprint density at radius 1 is 1.09 bits per heavy atom. The molecule has 5 nitrogen and oxygen atoms in total. The fourth-order valence-corrected chi connectivity index (χ4v) is 2.39. The molecule has 0 aliphatic heterocycles. The summed E-state index contributed by atoms with van der Waals surface area (Å²) in [4.78, 5) is 25.7. The number of ketones is 1. The minimum Gasteiger partial charge on any atom is -0.465 e. The zero-order valence-electron chi connectivity index (χ0n) is 12.8. The zero-order valence-corrected chi connectivity index (χ0v) is 12.8. The first-order valence-electron chi connectivity index (χ1n) is 6.97. The highest BCUT2D eigenvalue weighted by molar-refractivity contribution is 6.00. The summed E-state index contributed by atoms with van der Waals surface area (Å²) in [5.74, 6) is -0.238. The molecule has 2 aromatic rings. The Hall–Kier alpha value is -2.56. The molecule has 2 rings (SSSR count). The Kier molecular flexibility index (Phi) is 4.35. The van der Waals surface area contributed by atoms with Crippen LogP contribution in [0.3, 0.4) is 0 Å². The van der Waals surface area contributed by atoms with Crippen molar-refractivity contribution >= 4 is 11.9 Å². The molecule has 0 radical (unpaired) electrons. The lowest BCUT2D eigenvalue weighted by Crippen LogP contribution is -2.49. The molecule has 1 atom stereocenters. The molecule has 1 aromatic heterocycles. The summed E-state index contributed by atoms with van der Waals surface area (Å²) >= 11 is 0. The van der Waals surface area contributed by atoms with Gasteiger partial charge in [0.1, 0.15) is 6.04 Å². The third kappa shape index (κ3) is 3.19. The van der Waals surface area contributed by atoms with Crippen LogP contribution in [0.25, 0.3) is 0 Å². The molecule has 1 amide bonds. The molecular weight excluding hydrogens is 282 g/mol. The van der Waals surface area contributed by atoms with E-state index in [9.17, 15) is 14.7 Å². The lowest BCUT2D eigenvalue weighted by molar-refractivity contribution is 0.0529. The Balaban J connectivity index is 2.55. The Morgan fingerprint density at radius 3 is 2.18 bits per heavy atom. The average molecular weight is 301 g/mol. The Labute approximate surface area is 129 Å². The summed E-state index contributed by atoms with van der Waals surface area (Å²) in [5, 5.41) is 9.63. The molecule has 5 heteroatoms. The molecule has 1 aromatic carbocycles. The van der Waals surface area contributed by atoms with E-state index in [0.717, 1.165) is 4.90 Å². The van der Waals surface area contributed by atoms with Crippen LogP contribution in [-0.4, -0.2) is 27.4 Å². The number of carbonyl (C=O) groups excluding carboxylic acids is 1. The number of hydrogen-bond donors (Lipinski definition) is 1. The van der Waals surface area contributed by atoms with Crippen LogP contribution in [-0.2, 0) is 0 Å². The summed E-state index contributed by atoms with van der Waals surface area (Å²) in [6.07, 6.45) is 0.249. The van der Waals surface area contributed by atoms with E-state index in [1.54, 1.807) is 57.2 Å². The van der Waals surface area contributed by atoms with Gasteiger partial charge in [-0.3, -0.25) is 9.69 Å². The number of nitrogens with zero attached hydrogens (tertiary/aromatic N) is 1. The van der Waals surface area contributed by atoms with Crippen LogP contribution < -0.4 is 0 Å². The molecule has 0 saturated carbocycles. The topological polar surface area (TPSA) is 70.8 Å². The van der Waals surface area contributed by atoms with Gasteiger partial charge in [0.25, 0.3) is 0 Å². The normalized spacial score (nSPS) is 12.7. The van der Waals surface area contributed by atoms with Gasteiger partial charge in [0, 0.05) is 5.54 Å². The zero-order chi connectivity index (χ0) is 16.3. The number of Topliss-reactive ketones (excluding diaryl/α,β-unsaturated/α-hetero) is 1. The molecular formula is C17H19NO4. The summed E-state index contributed by atoms with van der Waals surface area (Å²) < 4.78 is 5.17. The maximum Gasteiger partial charge on any atom is 0.408 e. The van der Waals surface area contributed by atoms with Gasteiger partial charge in [0.15, 0.2) is 5.76 Å². The van der Waals surface area contributed by atoms with Gasteiger partial charge < -0.3 is 9.52 Å². The Morgan fingerprint density at radius 2 is 1.73 bits per heavy atom. The highest BCUT2D eigenvalue weighted by Gasteiger charge is 2.39. The van der Waals surface area contributed by atoms with Crippen molar-refractivity contribution in [2.45, 2.75) is 32.4 Å². The summed E-state index contributed by atoms with van der Waals surface area (Å²) in [5.41, 5.74) is -0.129. The van der Waals surface area contributed by atoms with Crippen LogP contribution in [0.15, 0.2) is 53.1 Å². The maximum absolute atomic E-state index is 12.8. The summed E-state index contributed by atoms with van der Waals surface area (Å²) in [6.45, 7) is 5.27. The molecule has 116 valence electrons. The number of furan rings is 1. The fourth-order valence-electron chi connectivity index (χ4n) is 2.39. The number of carbonyl (C=O) groups is 2. The maximum atomic E-state index is 12.8. The van der Waals surface area contributed by atoms with Gasteiger partial charge in [-0.15, -0.1) is 0 Å². The SMILES string of the molecule is CC(C)(C)N(C(=O)O)[C@H](C(=O)c1ccco1)c1ccccc1. The number of hydrogen-bond acceptors (Lipinski definition) is 3. The lowest BCUT2D eigenvalue weighted by atomic mass is 9.94. The van der Waals surface area contributed by atoms with Crippen molar-refractivity contribution in [2.75, 3.05) is 0 Å².